The van der Waals surface area contributed by atoms with Gasteiger partial charge in [-0.25, -0.2) is 0 Å². The molecule has 0 aliphatic carbocycles. The van der Waals surface area contributed by atoms with Crippen molar-refractivity contribution in [3.05, 3.63) is 28.2 Å². The van der Waals surface area contributed by atoms with E-state index < -0.39 is 0 Å². The topological polar surface area (TPSA) is 58.4 Å². The van der Waals surface area contributed by atoms with Crippen LogP contribution in [0.3, 0.4) is 0 Å². The van der Waals surface area contributed by atoms with Gasteiger partial charge in [-0.05, 0) is 31.2 Å². The molecule has 0 bridgehead atoms. The summed E-state index contributed by atoms with van der Waals surface area (Å²) in [6.07, 6.45) is 0.957. The van der Waals surface area contributed by atoms with Crippen molar-refractivity contribution in [2.75, 3.05) is 25.9 Å². The van der Waals surface area contributed by atoms with E-state index in [9.17, 15) is 4.79 Å². The third kappa shape index (κ3) is 5.06. The number of nitrogen functional groups attached to an aromatic ring is 1. The maximum Gasteiger partial charge on any atom is 0.234 e. The fourth-order valence-corrected chi connectivity index (χ4v) is 2.13. The van der Waals surface area contributed by atoms with Crippen molar-refractivity contribution in [1.29, 1.82) is 0 Å². The Morgan fingerprint density at radius 1 is 1.50 bits per heavy atom. The lowest BCUT2D eigenvalue weighted by Crippen LogP contribution is -2.35. The zero-order valence-electron chi connectivity index (χ0n) is 10.9. The van der Waals surface area contributed by atoms with E-state index in [4.69, 9.17) is 5.73 Å². The number of carbonyl (C=O) groups excluding carboxylic acids is 1. The van der Waals surface area contributed by atoms with Crippen molar-refractivity contribution in [3.63, 3.8) is 0 Å². The fourth-order valence-electron chi connectivity index (χ4n) is 1.60. The maximum absolute atomic E-state index is 11.6. The van der Waals surface area contributed by atoms with E-state index >= 15 is 0 Å². The van der Waals surface area contributed by atoms with Crippen molar-refractivity contribution in [2.24, 2.45) is 0 Å². The lowest BCUT2D eigenvalue weighted by molar-refractivity contribution is -0.122. The van der Waals surface area contributed by atoms with E-state index in [2.05, 4.69) is 21.2 Å². The summed E-state index contributed by atoms with van der Waals surface area (Å²) in [7, 11) is 1.92. The van der Waals surface area contributed by atoms with E-state index in [1.807, 2.05) is 37.1 Å². The van der Waals surface area contributed by atoms with Gasteiger partial charge < -0.3 is 11.1 Å². The molecule has 3 N–H and O–H groups in total. The summed E-state index contributed by atoms with van der Waals surface area (Å²) >= 11 is 3.48. The number of likely N-dealkylation sites (N-methyl/N-ethyl adjacent to an activating group) is 1. The first-order valence-corrected chi connectivity index (χ1v) is 6.81. The Labute approximate surface area is 117 Å². The number of nitrogens with two attached hydrogens (primary N) is 1. The molecule has 0 fully saturated rings. The van der Waals surface area contributed by atoms with Gasteiger partial charge in [-0.3, -0.25) is 9.69 Å². The van der Waals surface area contributed by atoms with Crippen LogP contribution in [0.2, 0.25) is 0 Å². The van der Waals surface area contributed by atoms with Crippen LogP contribution in [0.15, 0.2) is 22.7 Å². The molecule has 1 rings (SSSR count). The van der Waals surface area contributed by atoms with Gasteiger partial charge in [-0.1, -0.05) is 28.9 Å². The van der Waals surface area contributed by atoms with Crippen LogP contribution in [0.1, 0.15) is 18.9 Å². The van der Waals surface area contributed by atoms with E-state index in [1.54, 1.807) is 0 Å². The molecule has 0 saturated carbocycles. The smallest absolute Gasteiger partial charge is 0.234 e. The zero-order chi connectivity index (χ0) is 13.5. The highest BCUT2D eigenvalue weighted by Crippen LogP contribution is 2.20. The minimum Gasteiger partial charge on any atom is -0.399 e. The number of nitrogens with zero attached hydrogens (tertiary/aromatic N) is 1. The molecule has 5 heteroatoms. The normalized spacial score (nSPS) is 10.7. The van der Waals surface area contributed by atoms with Crippen LogP contribution >= 0.6 is 15.9 Å². The van der Waals surface area contributed by atoms with Gasteiger partial charge in [0.15, 0.2) is 0 Å². The number of halogens is 1. The van der Waals surface area contributed by atoms with Gasteiger partial charge in [-0.15, -0.1) is 0 Å². The van der Waals surface area contributed by atoms with E-state index in [-0.39, 0.29) is 5.91 Å². The Kier molecular flexibility index (Phi) is 6.15. The molecule has 0 unspecified atom stereocenters. The molecule has 18 heavy (non-hydrogen) atoms. The highest BCUT2D eigenvalue weighted by molar-refractivity contribution is 9.10. The molecule has 0 radical (unpaired) electrons. The predicted molar refractivity (Wildman–Crippen MR) is 78.2 cm³/mol. The van der Waals surface area contributed by atoms with Gasteiger partial charge in [0.1, 0.15) is 0 Å². The van der Waals surface area contributed by atoms with Crippen molar-refractivity contribution >= 4 is 27.5 Å². The van der Waals surface area contributed by atoms with Crippen LogP contribution in [0.4, 0.5) is 5.69 Å². The fraction of sp³-hybridized carbons (Fsp3) is 0.462. The Balaban J connectivity index is 2.48. The van der Waals surface area contributed by atoms with Gasteiger partial charge >= 0.3 is 0 Å². The van der Waals surface area contributed by atoms with Crippen molar-refractivity contribution < 1.29 is 4.79 Å². The van der Waals surface area contributed by atoms with Crippen LogP contribution in [0.5, 0.6) is 0 Å². The van der Waals surface area contributed by atoms with Crippen LogP contribution in [0, 0.1) is 0 Å². The van der Waals surface area contributed by atoms with Crippen molar-refractivity contribution in [2.45, 2.75) is 19.9 Å². The first-order chi connectivity index (χ1) is 8.52. The number of nitrogens with one attached hydrogen (secondary N) is 1. The van der Waals surface area contributed by atoms with E-state index in [0.717, 1.165) is 28.7 Å². The minimum absolute atomic E-state index is 0.0610. The van der Waals surface area contributed by atoms with E-state index in [0.29, 0.717) is 13.1 Å². The summed E-state index contributed by atoms with van der Waals surface area (Å²) in [5.74, 6) is 0.0610. The lowest BCUT2D eigenvalue weighted by Gasteiger charge is -2.17. The second kappa shape index (κ2) is 7.38. The SMILES string of the molecule is CCCNC(=O)CN(C)Cc1ccc(N)cc1Br. The molecule has 4 nitrogen and oxygen atoms in total. The third-order valence-electron chi connectivity index (χ3n) is 2.50. The minimum atomic E-state index is 0.0610. The quantitative estimate of drug-likeness (QED) is 0.790. The molecule has 0 aromatic heterocycles. The highest BCUT2D eigenvalue weighted by Gasteiger charge is 2.08. The highest BCUT2D eigenvalue weighted by atomic mass is 79.9. The Morgan fingerprint density at radius 3 is 2.83 bits per heavy atom. The van der Waals surface area contributed by atoms with Crippen LogP contribution in [-0.4, -0.2) is 30.9 Å². The van der Waals surface area contributed by atoms with Gasteiger partial charge in [-0.2, -0.15) is 0 Å². The molecule has 1 aromatic carbocycles. The Hall–Kier alpha value is -1.07. The van der Waals surface area contributed by atoms with Gasteiger partial charge in [0.2, 0.25) is 5.91 Å². The second-order valence-corrected chi connectivity index (χ2v) is 5.23. The largest absolute Gasteiger partial charge is 0.399 e. The standard InChI is InChI=1S/C13H20BrN3O/c1-3-6-16-13(18)9-17(2)8-10-4-5-11(15)7-12(10)14/h4-5,7H,3,6,8-9,15H2,1-2H3,(H,16,18). The van der Waals surface area contributed by atoms with Crippen LogP contribution in [0.25, 0.3) is 0 Å². The molecule has 100 valence electrons. The van der Waals surface area contributed by atoms with Crippen molar-refractivity contribution in [1.82, 2.24) is 10.2 Å². The summed E-state index contributed by atoms with van der Waals surface area (Å²) < 4.78 is 0.975. The molecule has 0 aliphatic heterocycles. The molecule has 0 heterocycles. The number of hydrogen-bond donors (Lipinski definition) is 2. The molecule has 0 saturated heterocycles. The summed E-state index contributed by atoms with van der Waals surface area (Å²) in [6.45, 7) is 3.88. The van der Waals surface area contributed by atoms with Gasteiger partial charge in [0, 0.05) is 23.2 Å². The Morgan fingerprint density at radius 2 is 2.22 bits per heavy atom. The molecule has 0 spiro atoms. The summed E-state index contributed by atoms with van der Waals surface area (Å²) in [5.41, 5.74) is 7.54. The number of benzene rings is 1. The first kappa shape index (κ1) is 15.0. The first-order valence-electron chi connectivity index (χ1n) is 6.02. The third-order valence-corrected chi connectivity index (χ3v) is 3.24. The average molecular weight is 314 g/mol. The monoisotopic (exact) mass is 313 g/mol. The van der Waals surface area contributed by atoms with Gasteiger partial charge in [0.25, 0.3) is 0 Å². The summed E-state index contributed by atoms with van der Waals surface area (Å²) in [4.78, 5) is 13.5. The lowest BCUT2D eigenvalue weighted by atomic mass is 10.2. The number of rotatable bonds is 6. The maximum atomic E-state index is 11.6. The number of hydrogen-bond acceptors (Lipinski definition) is 3. The number of amides is 1. The predicted octanol–water partition coefficient (Wildman–Crippen LogP) is 1.99. The van der Waals surface area contributed by atoms with Crippen LogP contribution in [-0.2, 0) is 11.3 Å². The molecule has 1 amide bonds. The van der Waals surface area contributed by atoms with E-state index in [1.165, 1.54) is 0 Å². The number of anilines is 1. The Bertz CT molecular complexity index is 409. The molecule has 0 aliphatic rings. The summed E-state index contributed by atoms with van der Waals surface area (Å²) in [5, 5.41) is 2.86. The second-order valence-electron chi connectivity index (χ2n) is 4.37. The van der Waals surface area contributed by atoms with Gasteiger partial charge in [0.05, 0.1) is 6.54 Å². The van der Waals surface area contributed by atoms with Crippen LogP contribution < -0.4 is 11.1 Å². The average Bonchev–Trinajstić information content (AvgIpc) is 2.30. The molecule has 0 atom stereocenters. The molecular formula is C13H20BrN3O. The number of carbonyl (C=O) groups is 1. The molecule has 1 aromatic rings. The zero-order valence-corrected chi connectivity index (χ0v) is 12.5. The molecular weight excluding hydrogens is 294 g/mol. The summed E-state index contributed by atoms with van der Waals surface area (Å²) in [6, 6.07) is 5.71. The van der Waals surface area contributed by atoms with Crippen molar-refractivity contribution in [3.8, 4) is 0 Å².